The van der Waals surface area contributed by atoms with Gasteiger partial charge in [0.05, 0.1) is 12.1 Å². The van der Waals surface area contributed by atoms with Crippen LogP contribution in [-0.4, -0.2) is 19.0 Å². The van der Waals surface area contributed by atoms with Crippen molar-refractivity contribution >= 4 is 29.2 Å². The van der Waals surface area contributed by atoms with Crippen molar-refractivity contribution in [1.82, 2.24) is 0 Å². The summed E-state index contributed by atoms with van der Waals surface area (Å²) < 4.78 is 10.2. The largest absolute Gasteiger partial charge is 0.497 e. The van der Waals surface area contributed by atoms with Gasteiger partial charge in [0.1, 0.15) is 5.75 Å². The number of carbonyl (C=O) groups is 1. The smallest absolute Gasteiger partial charge is 0.311 e. The fraction of sp³-hybridized carbons (Fsp3) is 0.417. The van der Waals surface area contributed by atoms with E-state index < -0.39 is 0 Å². The maximum Gasteiger partial charge on any atom is 0.311 e. The molecule has 0 heterocycles. The zero-order valence-corrected chi connectivity index (χ0v) is 11.1. The SMILES string of the molecule is COc1ccc(Cl)c(OC(=O)CCCCCl)c1. The van der Waals surface area contributed by atoms with E-state index in [-0.39, 0.29) is 5.97 Å². The lowest BCUT2D eigenvalue weighted by Crippen LogP contribution is -2.08. The Bertz CT molecular complexity index is 380. The molecule has 0 aliphatic carbocycles. The lowest BCUT2D eigenvalue weighted by molar-refractivity contribution is -0.134. The third-order valence-electron chi connectivity index (χ3n) is 2.13. The molecular formula is C12H14Cl2O3. The first-order chi connectivity index (χ1) is 8.17. The van der Waals surface area contributed by atoms with E-state index in [0.717, 1.165) is 6.42 Å². The summed E-state index contributed by atoms with van der Waals surface area (Å²) in [5.41, 5.74) is 0. The minimum Gasteiger partial charge on any atom is -0.497 e. The molecule has 0 fully saturated rings. The number of unbranched alkanes of at least 4 members (excludes halogenated alkanes) is 1. The summed E-state index contributed by atoms with van der Waals surface area (Å²) in [5, 5.41) is 0.386. The van der Waals surface area contributed by atoms with Crippen molar-refractivity contribution in [1.29, 1.82) is 0 Å². The summed E-state index contributed by atoms with van der Waals surface area (Å²) in [6, 6.07) is 4.91. The van der Waals surface area contributed by atoms with Gasteiger partial charge < -0.3 is 9.47 Å². The highest BCUT2D eigenvalue weighted by atomic mass is 35.5. The fourth-order valence-corrected chi connectivity index (χ4v) is 1.57. The highest BCUT2D eigenvalue weighted by Crippen LogP contribution is 2.29. The molecule has 5 heteroatoms. The number of methoxy groups -OCH3 is 1. The molecule has 1 rings (SSSR count). The minimum absolute atomic E-state index is 0.315. The standard InChI is InChI=1S/C12H14Cl2O3/c1-16-9-5-6-10(14)11(8-9)17-12(15)4-2-3-7-13/h5-6,8H,2-4,7H2,1H3. The molecule has 0 N–H and O–H groups in total. The van der Waals surface area contributed by atoms with E-state index in [0.29, 0.717) is 35.2 Å². The molecule has 0 unspecified atom stereocenters. The number of hydrogen-bond acceptors (Lipinski definition) is 3. The predicted octanol–water partition coefficient (Wildman–Crippen LogP) is 3.66. The molecule has 94 valence electrons. The van der Waals surface area contributed by atoms with Crippen molar-refractivity contribution in [2.45, 2.75) is 19.3 Å². The second-order valence-corrected chi connectivity index (χ2v) is 4.20. The average Bonchev–Trinajstić information content (AvgIpc) is 2.32. The Hall–Kier alpha value is -0.930. The van der Waals surface area contributed by atoms with Gasteiger partial charge in [0, 0.05) is 18.4 Å². The van der Waals surface area contributed by atoms with Crippen LogP contribution in [0.1, 0.15) is 19.3 Å². The third kappa shape index (κ3) is 4.84. The number of halogens is 2. The summed E-state index contributed by atoms with van der Waals surface area (Å²) in [6.07, 6.45) is 1.84. The van der Waals surface area contributed by atoms with Gasteiger partial charge in [-0.25, -0.2) is 0 Å². The van der Waals surface area contributed by atoms with Crippen LogP contribution in [0.25, 0.3) is 0 Å². The Balaban J connectivity index is 2.57. The molecule has 0 aromatic heterocycles. The number of alkyl halides is 1. The monoisotopic (exact) mass is 276 g/mol. The molecule has 0 atom stereocenters. The van der Waals surface area contributed by atoms with Gasteiger partial charge in [0.2, 0.25) is 0 Å². The van der Waals surface area contributed by atoms with E-state index in [1.807, 2.05) is 0 Å². The first-order valence-electron chi connectivity index (χ1n) is 5.27. The first-order valence-corrected chi connectivity index (χ1v) is 6.19. The van der Waals surface area contributed by atoms with Crippen molar-refractivity contribution in [2.24, 2.45) is 0 Å². The molecule has 17 heavy (non-hydrogen) atoms. The molecular weight excluding hydrogens is 263 g/mol. The normalized spacial score (nSPS) is 10.1. The van der Waals surface area contributed by atoms with Gasteiger partial charge in [-0.05, 0) is 25.0 Å². The summed E-state index contributed by atoms with van der Waals surface area (Å²) in [4.78, 5) is 11.5. The molecule has 0 aliphatic heterocycles. The predicted molar refractivity (Wildman–Crippen MR) is 68.2 cm³/mol. The molecule has 0 saturated heterocycles. The maximum atomic E-state index is 11.5. The van der Waals surface area contributed by atoms with Gasteiger partial charge in [-0.1, -0.05) is 11.6 Å². The molecule has 0 saturated carbocycles. The number of ether oxygens (including phenoxy) is 2. The second-order valence-electron chi connectivity index (χ2n) is 3.42. The van der Waals surface area contributed by atoms with Crippen molar-refractivity contribution in [2.75, 3.05) is 13.0 Å². The second kappa shape index (κ2) is 7.41. The van der Waals surface area contributed by atoms with Gasteiger partial charge in [0.15, 0.2) is 5.75 Å². The molecule has 0 aliphatic rings. The quantitative estimate of drug-likeness (QED) is 0.344. The van der Waals surface area contributed by atoms with E-state index in [2.05, 4.69) is 0 Å². The van der Waals surface area contributed by atoms with Crippen LogP contribution in [0.5, 0.6) is 11.5 Å². The molecule has 0 amide bonds. The number of rotatable bonds is 6. The van der Waals surface area contributed by atoms with Crippen LogP contribution in [0.2, 0.25) is 5.02 Å². The minimum atomic E-state index is -0.315. The Morgan fingerprint density at radius 3 is 2.76 bits per heavy atom. The Morgan fingerprint density at radius 1 is 1.35 bits per heavy atom. The van der Waals surface area contributed by atoms with Gasteiger partial charge in [0.25, 0.3) is 0 Å². The van der Waals surface area contributed by atoms with Crippen LogP contribution in [-0.2, 0) is 4.79 Å². The van der Waals surface area contributed by atoms with Gasteiger partial charge in [-0.3, -0.25) is 4.79 Å². The van der Waals surface area contributed by atoms with E-state index in [1.54, 1.807) is 18.2 Å². The number of carbonyl (C=O) groups excluding carboxylic acids is 1. The summed E-state index contributed by atoms with van der Waals surface area (Å²) in [6.45, 7) is 0. The highest BCUT2D eigenvalue weighted by Gasteiger charge is 2.09. The highest BCUT2D eigenvalue weighted by molar-refractivity contribution is 6.32. The van der Waals surface area contributed by atoms with E-state index in [4.69, 9.17) is 32.7 Å². The van der Waals surface area contributed by atoms with Crippen molar-refractivity contribution < 1.29 is 14.3 Å². The van der Waals surface area contributed by atoms with Gasteiger partial charge in [-0.2, -0.15) is 0 Å². The molecule has 0 radical (unpaired) electrons. The van der Waals surface area contributed by atoms with E-state index in [9.17, 15) is 4.79 Å². The fourth-order valence-electron chi connectivity index (χ4n) is 1.23. The number of benzene rings is 1. The molecule has 0 spiro atoms. The Labute approximate surface area is 111 Å². The first kappa shape index (κ1) is 14.1. The zero-order valence-electron chi connectivity index (χ0n) is 9.54. The van der Waals surface area contributed by atoms with Crippen LogP contribution in [0.15, 0.2) is 18.2 Å². The Kier molecular flexibility index (Phi) is 6.16. The van der Waals surface area contributed by atoms with E-state index in [1.165, 1.54) is 7.11 Å². The van der Waals surface area contributed by atoms with E-state index >= 15 is 0 Å². The van der Waals surface area contributed by atoms with Gasteiger partial charge >= 0.3 is 5.97 Å². The van der Waals surface area contributed by atoms with Gasteiger partial charge in [-0.15, -0.1) is 11.6 Å². The van der Waals surface area contributed by atoms with Crippen LogP contribution in [0.3, 0.4) is 0 Å². The Morgan fingerprint density at radius 2 is 2.12 bits per heavy atom. The number of hydrogen-bond donors (Lipinski definition) is 0. The summed E-state index contributed by atoms with van der Waals surface area (Å²) in [7, 11) is 1.54. The molecule has 1 aromatic carbocycles. The summed E-state index contributed by atoms with van der Waals surface area (Å²) >= 11 is 11.4. The zero-order chi connectivity index (χ0) is 12.7. The van der Waals surface area contributed by atoms with Crippen molar-refractivity contribution in [3.63, 3.8) is 0 Å². The maximum absolute atomic E-state index is 11.5. The summed E-state index contributed by atoms with van der Waals surface area (Å²) in [5.74, 6) is 1.15. The van der Waals surface area contributed by atoms with Crippen LogP contribution < -0.4 is 9.47 Å². The van der Waals surface area contributed by atoms with Crippen LogP contribution in [0, 0.1) is 0 Å². The van der Waals surface area contributed by atoms with Crippen molar-refractivity contribution in [3.8, 4) is 11.5 Å². The topological polar surface area (TPSA) is 35.5 Å². The third-order valence-corrected chi connectivity index (χ3v) is 2.71. The van der Waals surface area contributed by atoms with Crippen LogP contribution >= 0.6 is 23.2 Å². The van der Waals surface area contributed by atoms with Crippen LogP contribution in [0.4, 0.5) is 0 Å². The lowest BCUT2D eigenvalue weighted by atomic mass is 10.2. The molecule has 3 nitrogen and oxygen atoms in total. The van der Waals surface area contributed by atoms with Crippen molar-refractivity contribution in [3.05, 3.63) is 23.2 Å². The lowest BCUT2D eigenvalue weighted by Gasteiger charge is -2.07. The molecule has 1 aromatic rings. The molecule has 0 bridgehead atoms. The average molecular weight is 277 g/mol. The number of esters is 1.